The Bertz CT molecular complexity index is 497. The first-order valence-electron chi connectivity index (χ1n) is 5.90. The summed E-state index contributed by atoms with van der Waals surface area (Å²) in [5.41, 5.74) is 6.69. The second-order valence-corrected chi connectivity index (χ2v) is 5.45. The summed E-state index contributed by atoms with van der Waals surface area (Å²) in [4.78, 5) is 3.48. The van der Waals surface area contributed by atoms with Crippen molar-refractivity contribution in [2.75, 3.05) is 19.3 Å². The van der Waals surface area contributed by atoms with Crippen LogP contribution in [0.4, 0.5) is 10.1 Å². The van der Waals surface area contributed by atoms with E-state index < -0.39 is 0 Å². The standard InChI is InChI=1S/C14H17FN2S/c1-17(7-6-13-3-2-8-18-13)10-11-4-5-12(16)9-14(11)15/h2-5,8-9H,6-7,10,16H2,1H3. The molecule has 2 aromatic rings. The van der Waals surface area contributed by atoms with Gasteiger partial charge in [0.1, 0.15) is 5.82 Å². The molecule has 2 N–H and O–H groups in total. The van der Waals surface area contributed by atoms with Crippen molar-refractivity contribution < 1.29 is 4.39 Å². The molecular weight excluding hydrogens is 247 g/mol. The van der Waals surface area contributed by atoms with Crippen molar-refractivity contribution in [2.45, 2.75) is 13.0 Å². The third kappa shape index (κ3) is 3.55. The van der Waals surface area contributed by atoms with E-state index in [0.29, 0.717) is 17.8 Å². The van der Waals surface area contributed by atoms with Gasteiger partial charge in [-0.05, 0) is 37.0 Å². The summed E-state index contributed by atoms with van der Waals surface area (Å²) in [6.45, 7) is 1.53. The van der Waals surface area contributed by atoms with E-state index in [0.717, 1.165) is 13.0 Å². The van der Waals surface area contributed by atoms with Crippen molar-refractivity contribution in [1.82, 2.24) is 4.90 Å². The minimum Gasteiger partial charge on any atom is -0.399 e. The van der Waals surface area contributed by atoms with Gasteiger partial charge in [-0.25, -0.2) is 4.39 Å². The molecule has 0 radical (unpaired) electrons. The van der Waals surface area contributed by atoms with E-state index in [1.54, 1.807) is 23.5 Å². The van der Waals surface area contributed by atoms with Crippen molar-refractivity contribution in [1.29, 1.82) is 0 Å². The summed E-state index contributed by atoms with van der Waals surface area (Å²) in [7, 11) is 2.00. The maximum absolute atomic E-state index is 13.6. The van der Waals surface area contributed by atoms with Gasteiger partial charge < -0.3 is 10.6 Å². The first-order chi connectivity index (χ1) is 8.65. The van der Waals surface area contributed by atoms with E-state index >= 15 is 0 Å². The van der Waals surface area contributed by atoms with Gasteiger partial charge in [0.15, 0.2) is 0 Å². The highest BCUT2D eigenvalue weighted by molar-refractivity contribution is 7.09. The van der Waals surface area contributed by atoms with E-state index in [-0.39, 0.29) is 5.82 Å². The van der Waals surface area contributed by atoms with Gasteiger partial charge in [-0.3, -0.25) is 0 Å². The molecule has 0 fully saturated rings. The van der Waals surface area contributed by atoms with E-state index in [1.807, 2.05) is 7.05 Å². The molecule has 0 atom stereocenters. The fraction of sp³-hybridized carbons (Fsp3) is 0.286. The summed E-state index contributed by atoms with van der Waals surface area (Å²) >= 11 is 1.76. The molecule has 0 saturated heterocycles. The molecule has 0 aliphatic rings. The zero-order valence-electron chi connectivity index (χ0n) is 10.4. The molecule has 18 heavy (non-hydrogen) atoms. The van der Waals surface area contributed by atoms with Crippen LogP contribution in [-0.4, -0.2) is 18.5 Å². The highest BCUT2D eigenvalue weighted by Crippen LogP contribution is 2.14. The highest BCUT2D eigenvalue weighted by Gasteiger charge is 2.06. The molecule has 1 heterocycles. The molecule has 0 spiro atoms. The molecule has 0 saturated carbocycles. The summed E-state index contributed by atoms with van der Waals surface area (Å²) in [5, 5.41) is 2.08. The Labute approximate surface area is 111 Å². The van der Waals surface area contributed by atoms with Gasteiger partial charge >= 0.3 is 0 Å². The van der Waals surface area contributed by atoms with Gasteiger partial charge in [-0.2, -0.15) is 0 Å². The van der Waals surface area contributed by atoms with Crippen LogP contribution in [0.5, 0.6) is 0 Å². The minimum absolute atomic E-state index is 0.224. The van der Waals surface area contributed by atoms with Crippen LogP contribution in [0.15, 0.2) is 35.7 Å². The molecule has 2 nitrogen and oxygen atoms in total. The summed E-state index contributed by atoms with van der Waals surface area (Å²) < 4.78 is 13.6. The number of anilines is 1. The molecule has 0 aliphatic carbocycles. The molecule has 0 unspecified atom stereocenters. The number of rotatable bonds is 5. The number of benzene rings is 1. The Kier molecular flexibility index (Phi) is 4.33. The molecule has 4 heteroatoms. The summed E-state index contributed by atoms with van der Waals surface area (Å²) in [6, 6.07) is 9.06. The van der Waals surface area contributed by atoms with Gasteiger partial charge in [0.05, 0.1) is 0 Å². The summed E-state index contributed by atoms with van der Waals surface area (Å²) in [6.07, 6.45) is 1.00. The van der Waals surface area contributed by atoms with E-state index in [4.69, 9.17) is 5.73 Å². The van der Waals surface area contributed by atoms with Crippen LogP contribution in [0.1, 0.15) is 10.4 Å². The quantitative estimate of drug-likeness (QED) is 0.841. The van der Waals surface area contributed by atoms with Crippen molar-refractivity contribution in [3.8, 4) is 0 Å². The number of hydrogen-bond donors (Lipinski definition) is 1. The number of thiophene rings is 1. The fourth-order valence-electron chi connectivity index (χ4n) is 1.82. The van der Waals surface area contributed by atoms with Crippen LogP contribution in [-0.2, 0) is 13.0 Å². The molecule has 0 bridgehead atoms. The van der Waals surface area contributed by atoms with Crippen molar-refractivity contribution in [3.63, 3.8) is 0 Å². The maximum Gasteiger partial charge on any atom is 0.129 e. The van der Waals surface area contributed by atoms with Crippen LogP contribution < -0.4 is 5.73 Å². The molecule has 0 aliphatic heterocycles. The number of halogens is 1. The zero-order chi connectivity index (χ0) is 13.0. The SMILES string of the molecule is CN(CCc1cccs1)Cc1ccc(N)cc1F. The van der Waals surface area contributed by atoms with Crippen molar-refractivity contribution in [2.24, 2.45) is 0 Å². The lowest BCUT2D eigenvalue weighted by atomic mass is 10.2. The number of likely N-dealkylation sites (N-methyl/N-ethyl adjacent to an activating group) is 1. The molecule has 1 aromatic carbocycles. The lowest BCUT2D eigenvalue weighted by Gasteiger charge is -2.16. The predicted octanol–water partition coefficient (Wildman–Crippen LogP) is 3.14. The van der Waals surface area contributed by atoms with Crippen LogP contribution in [0.3, 0.4) is 0 Å². The maximum atomic E-state index is 13.6. The lowest BCUT2D eigenvalue weighted by molar-refractivity contribution is 0.326. The molecular formula is C14H17FN2S. The van der Waals surface area contributed by atoms with E-state index in [2.05, 4.69) is 22.4 Å². The number of hydrogen-bond acceptors (Lipinski definition) is 3. The first-order valence-corrected chi connectivity index (χ1v) is 6.78. The largest absolute Gasteiger partial charge is 0.399 e. The number of nitrogen functional groups attached to an aromatic ring is 1. The Morgan fingerprint density at radius 3 is 2.83 bits per heavy atom. The highest BCUT2D eigenvalue weighted by atomic mass is 32.1. The van der Waals surface area contributed by atoms with E-state index in [9.17, 15) is 4.39 Å². The minimum atomic E-state index is -0.224. The zero-order valence-corrected chi connectivity index (χ0v) is 11.2. The second kappa shape index (κ2) is 5.98. The Morgan fingerprint density at radius 1 is 1.33 bits per heavy atom. The monoisotopic (exact) mass is 264 g/mol. The summed E-state index contributed by atoms with van der Waals surface area (Å²) in [5.74, 6) is -0.224. The smallest absolute Gasteiger partial charge is 0.129 e. The van der Waals surface area contributed by atoms with Gasteiger partial charge in [0, 0.05) is 29.2 Å². The van der Waals surface area contributed by atoms with Gasteiger partial charge in [-0.1, -0.05) is 12.1 Å². The Hall–Kier alpha value is -1.39. The Balaban J connectivity index is 1.88. The van der Waals surface area contributed by atoms with Crippen LogP contribution in [0.2, 0.25) is 0 Å². The normalized spacial score (nSPS) is 11.1. The van der Waals surface area contributed by atoms with Crippen molar-refractivity contribution >= 4 is 17.0 Å². The van der Waals surface area contributed by atoms with Crippen LogP contribution >= 0.6 is 11.3 Å². The number of nitrogens with zero attached hydrogens (tertiary/aromatic N) is 1. The fourth-order valence-corrected chi connectivity index (χ4v) is 2.52. The first kappa shape index (κ1) is 13.1. The molecule has 0 amide bonds. The Morgan fingerprint density at radius 2 is 2.17 bits per heavy atom. The third-order valence-corrected chi connectivity index (χ3v) is 3.77. The van der Waals surface area contributed by atoms with E-state index in [1.165, 1.54) is 10.9 Å². The molecule has 96 valence electrons. The predicted molar refractivity (Wildman–Crippen MR) is 75.2 cm³/mol. The van der Waals surface area contributed by atoms with Crippen LogP contribution in [0, 0.1) is 5.82 Å². The van der Waals surface area contributed by atoms with Gasteiger partial charge in [0.2, 0.25) is 0 Å². The average molecular weight is 264 g/mol. The second-order valence-electron chi connectivity index (χ2n) is 4.42. The average Bonchev–Trinajstić information content (AvgIpc) is 2.83. The number of nitrogens with two attached hydrogens (primary N) is 1. The molecule has 2 rings (SSSR count). The third-order valence-electron chi connectivity index (χ3n) is 2.84. The lowest BCUT2D eigenvalue weighted by Crippen LogP contribution is -2.21. The van der Waals surface area contributed by atoms with Crippen molar-refractivity contribution in [3.05, 3.63) is 52.0 Å². The van der Waals surface area contributed by atoms with Gasteiger partial charge in [-0.15, -0.1) is 11.3 Å². The van der Waals surface area contributed by atoms with Crippen LogP contribution in [0.25, 0.3) is 0 Å². The topological polar surface area (TPSA) is 29.3 Å². The van der Waals surface area contributed by atoms with Gasteiger partial charge in [0.25, 0.3) is 0 Å². The molecule has 1 aromatic heterocycles.